The smallest absolute Gasteiger partial charge is 0.151 e. The number of nitrogens with one attached hydrogen (secondary N) is 1. The summed E-state index contributed by atoms with van der Waals surface area (Å²) in [5.74, 6) is 0.767. The van der Waals surface area contributed by atoms with Crippen molar-refractivity contribution in [1.29, 1.82) is 0 Å². The summed E-state index contributed by atoms with van der Waals surface area (Å²) in [4.78, 5) is 0. The van der Waals surface area contributed by atoms with E-state index < -0.39 is 9.84 Å². The Morgan fingerprint density at radius 2 is 2.00 bits per heavy atom. The van der Waals surface area contributed by atoms with E-state index >= 15 is 0 Å². The van der Waals surface area contributed by atoms with Crippen molar-refractivity contribution < 1.29 is 8.42 Å². The van der Waals surface area contributed by atoms with Crippen LogP contribution in [-0.2, 0) is 9.84 Å². The van der Waals surface area contributed by atoms with Gasteiger partial charge in [-0.15, -0.1) is 0 Å². The maximum atomic E-state index is 11.5. The van der Waals surface area contributed by atoms with Crippen LogP contribution in [0.5, 0.6) is 0 Å². The molecule has 0 aliphatic heterocycles. The van der Waals surface area contributed by atoms with Gasteiger partial charge in [0.2, 0.25) is 0 Å². The fourth-order valence-electron chi connectivity index (χ4n) is 1.78. The Kier molecular flexibility index (Phi) is 4.59. The molecule has 15 heavy (non-hydrogen) atoms. The van der Waals surface area contributed by atoms with Gasteiger partial charge in [0, 0.05) is 12.3 Å². The maximum absolute atomic E-state index is 11.5. The zero-order chi connectivity index (χ0) is 11.5. The summed E-state index contributed by atoms with van der Waals surface area (Å²) >= 11 is 0. The molecule has 0 radical (unpaired) electrons. The molecular formula is C11H23NO2S. The predicted octanol–water partition coefficient (Wildman–Crippen LogP) is 1.59. The van der Waals surface area contributed by atoms with Crippen molar-refractivity contribution in [2.75, 3.05) is 12.8 Å². The van der Waals surface area contributed by atoms with Crippen LogP contribution in [0.3, 0.4) is 0 Å². The van der Waals surface area contributed by atoms with Crippen LogP contribution in [0.2, 0.25) is 0 Å². The quantitative estimate of drug-likeness (QED) is 0.726. The fraction of sp³-hybridized carbons (Fsp3) is 1.00. The van der Waals surface area contributed by atoms with Gasteiger partial charge in [-0.25, -0.2) is 8.42 Å². The van der Waals surface area contributed by atoms with E-state index in [1.54, 1.807) is 0 Å². The Morgan fingerprint density at radius 1 is 1.40 bits per heavy atom. The van der Waals surface area contributed by atoms with E-state index in [0.29, 0.717) is 0 Å². The van der Waals surface area contributed by atoms with Crippen LogP contribution in [0.25, 0.3) is 0 Å². The van der Waals surface area contributed by atoms with E-state index in [0.717, 1.165) is 25.3 Å². The van der Waals surface area contributed by atoms with E-state index in [9.17, 15) is 8.42 Å². The van der Waals surface area contributed by atoms with E-state index in [1.807, 2.05) is 6.92 Å². The predicted molar refractivity (Wildman–Crippen MR) is 63.7 cm³/mol. The molecule has 4 heteroatoms. The molecule has 1 aliphatic carbocycles. The van der Waals surface area contributed by atoms with Crippen LogP contribution < -0.4 is 5.32 Å². The van der Waals surface area contributed by atoms with Crippen LogP contribution in [0.15, 0.2) is 0 Å². The Bertz CT molecular complexity index is 283. The van der Waals surface area contributed by atoms with Gasteiger partial charge in [0.15, 0.2) is 9.84 Å². The molecule has 1 rings (SSSR count). The monoisotopic (exact) mass is 233 g/mol. The molecule has 0 spiro atoms. The van der Waals surface area contributed by atoms with Crippen LogP contribution in [0.4, 0.5) is 0 Å². The zero-order valence-corrected chi connectivity index (χ0v) is 10.8. The lowest BCUT2D eigenvalue weighted by Crippen LogP contribution is -2.42. The number of rotatable bonds is 7. The van der Waals surface area contributed by atoms with Crippen molar-refractivity contribution in [3.05, 3.63) is 0 Å². The Balaban J connectivity index is 2.52. The van der Waals surface area contributed by atoms with Gasteiger partial charge in [0.1, 0.15) is 0 Å². The van der Waals surface area contributed by atoms with Crippen LogP contribution >= 0.6 is 0 Å². The molecule has 0 bridgehead atoms. The molecule has 3 nitrogen and oxygen atoms in total. The average molecular weight is 233 g/mol. The highest BCUT2D eigenvalue weighted by atomic mass is 32.2. The molecule has 1 saturated carbocycles. The third kappa shape index (κ3) is 4.51. The minimum atomic E-state index is -2.91. The Morgan fingerprint density at radius 3 is 2.40 bits per heavy atom. The first-order valence-corrected chi connectivity index (χ1v) is 7.82. The fourth-order valence-corrected chi connectivity index (χ4v) is 2.59. The van der Waals surface area contributed by atoms with Gasteiger partial charge < -0.3 is 5.32 Å². The Hall–Kier alpha value is -0.0900. The van der Waals surface area contributed by atoms with Crippen molar-refractivity contribution in [1.82, 2.24) is 5.32 Å². The van der Waals surface area contributed by atoms with Gasteiger partial charge in [-0.3, -0.25) is 0 Å². The lowest BCUT2D eigenvalue weighted by Gasteiger charge is -2.23. The van der Waals surface area contributed by atoms with E-state index in [2.05, 4.69) is 12.2 Å². The van der Waals surface area contributed by atoms with Gasteiger partial charge in [-0.1, -0.05) is 19.8 Å². The SMILES string of the molecule is CCCNC(CC1CC1)C(C)S(C)(=O)=O. The molecule has 2 unspecified atom stereocenters. The first-order valence-electron chi connectivity index (χ1n) is 5.87. The van der Waals surface area contributed by atoms with E-state index in [-0.39, 0.29) is 11.3 Å². The third-order valence-corrected chi connectivity index (χ3v) is 4.86. The molecule has 0 amide bonds. The van der Waals surface area contributed by atoms with Crippen LogP contribution in [0.1, 0.15) is 39.5 Å². The lowest BCUT2D eigenvalue weighted by molar-refractivity contribution is 0.440. The minimum Gasteiger partial charge on any atom is -0.313 e. The topological polar surface area (TPSA) is 46.2 Å². The molecule has 1 fully saturated rings. The van der Waals surface area contributed by atoms with Gasteiger partial charge in [0.25, 0.3) is 0 Å². The molecule has 1 aliphatic rings. The highest BCUT2D eigenvalue weighted by Gasteiger charge is 2.31. The zero-order valence-electron chi connectivity index (χ0n) is 9.99. The molecule has 1 N–H and O–H groups in total. The second-order valence-corrected chi connectivity index (χ2v) is 7.18. The summed E-state index contributed by atoms with van der Waals surface area (Å²) < 4.78 is 23.0. The standard InChI is InChI=1S/C11H23NO2S/c1-4-7-12-11(8-10-5-6-10)9(2)15(3,13)14/h9-12H,4-8H2,1-3H3. The summed E-state index contributed by atoms with van der Waals surface area (Å²) in [6.45, 7) is 4.84. The summed E-state index contributed by atoms with van der Waals surface area (Å²) in [5.41, 5.74) is 0. The highest BCUT2D eigenvalue weighted by molar-refractivity contribution is 7.91. The van der Waals surface area contributed by atoms with Crippen LogP contribution in [-0.4, -0.2) is 32.5 Å². The maximum Gasteiger partial charge on any atom is 0.151 e. The van der Waals surface area contributed by atoms with E-state index in [1.165, 1.54) is 19.1 Å². The highest BCUT2D eigenvalue weighted by Crippen LogP contribution is 2.34. The summed E-state index contributed by atoms with van der Waals surface area (Å²) in [6, 6.07) is 0.146. The lowest BCUT2D eigenvalue weighted by atomic mass is 10.1. The molecule has 2 atom stereocenters. The molecule has 0 heterocycles. The largest absolute Gasteiger partial charge is 0.313 e. The number of hydrogen-bond donors (Lipinski definition) is 1. The summed E-state index contributed by atoms with van der Waals surface area (Å²) in [6.07, 6.45) is 5.97. The molecule has 0 aromatic carbocycles. The van der Waals surface area contributed by atoms with Gasteiger partial charge >= 0.3 is 0 Å². The first kappa shape index (κ1) is 13.0. The van der Waals surface area contributed by atoms with Crippen LogP contribution in [0, 0.1) is 5.92 Å². The van der Waals surface area contributed by atoms with Crippen molar-refractivity contribution in [3.8, 4) is 0 Å². The average Bonchev–Trinajstić information content (AvgIpc) is 2.93. The molecule has 0 aromatic heterocycles. The summed E-state index contributed by atoms with van der Waals surface area (Å²) in [5, 5.41) is 3.11. The number of sulfone groups is 1. The molecule has 90 valence electrons. The second kappa shape index (κ2) is 5.30. The minimum absolute atomic E-state index is 0.146. The normalized spacial score (nSPS) is 21.3. The molecular weight excluding hydrogens is 210 g/mol. The van der Waals surface area contributed by atoms with Gasteiger partial charge in [-0.2, -0.15) is 0 Å². The first-order chi connectivity index (χ1) is 6.95. The van der Waals surface area contributed by atoms with E-state index in [4.69, 9.17) is 0 Å². The molecule has 0 aromatic rings. The van der Waals surface area contributed by atoms with Crippen molar-refractivity contribution in [2.45, 2.75) is 50.8 Å². The second-order valence-electron chi connectivity index (χ2n) is 4.77. The molecule has 0 saturated heterocycles. The Labute approximate surface area is 93.6 Å². The van der Waals surface area contributed by atoms with Crippen molar-refractivity contribution in [2.24, 2.45) is 5.92 Å². The van der Waals surface area contributed by atoms with Gasteiger partial charge in [-0.05, 0) is 32.2 Å². The third-order valence-electron chi connectivity index (χ3n) is 3.18. The van der Waals surface area contributed by atoms with Crippen molar-refractivity contribution in [3.63, 3.8) is 0 Å². The van der Waals surface area contributed by atoms with Crippen molar-refractivity contribution >= 4 is 9.84 Å². The summed E-state index contributed by atoms with van der Waals surface area (Å²) in [7, 11) is -2.91. The number of hydrogen-bond acceptors (Lipinski definition) is 3. The van der Waals surface area contributed by atoms with Gasteiger partial charge in [0.05, 0.1) is 5.25 Å².